The van der Waals surface area contributed by atoms with E-state index in [-0.39, 0.29) is 18.2 Å². The first kappa shape index (κ1) is 14.7. The zero-order valence-corrected chi connectivity index (χ0v) is 11.2. The lowest BCUT2D eigenvalue weighted by Gasteiger charge is -2.21. The van der Waals surface area contributed by atoms with Crippen molar-refractivity contribution in [3.05, 3.63) is 24.0 Å². The first-order valence-electron chi connectivity index (χ1n) is 6.65. The summed E-state index contributed by atoms with van der Waals surface area (Å²) in [6, 6.07) is 3.84. The Kier molecular flexibility index (Phi) is 5.31. The monoisotopic (exact) mass is 282 g/mol. The van der Waals surface area contributed by atoms with E-state index in [2.05, 4.69) is 5.32 Å². The number of benzene rings is 1. The molecule has 1 amide bonds. The summed E-state index contributed by atoms with van der Waals surface area (Å²) in [5.41, 5.74) is 6.20. The number of anilines is 2. The zero-order valence-electron chi connectivity index (χ0n) is 11.2. The molecule has 110 valence electrons. The maximum Gasteiger partial charge on any atom is 0.250 e. The van der Waals surface area contributed by atoms with Crippen LogP contribution in [-0.4, -0.2) is 32.3 Å². The maximum atomic E-state index is 12.9. The van der Waals surface area contributed by atoms with Crippen molar-refractivity contribution in [1.29, 1.82) is 0 Å². The van der Waals surface area contributed by atoms with E-state index in [1.54, 1.807) is 0 Å². The van der Waals surface area contributed by atoms with E-state index in [0.717, 1.165) is 26.1 Å². The summed E-state index contributed by atoms with van der Waals surface area (Å²) in [6.07, 6.45) is 1.93. The van der Waals surface area contributed by atoms with E-state index in [4.69, 9.17) is 15.2 Å². The molecule has 6 heteroatoms. The van der Waals surface area contributed by atoms with Crippen LogP contribution in [0.4, 0.5) is 15.8 Å². The van der Waals surface area contributed by atoms with Crippen LogP contribution in [0.25, 0.3) is 0 Å². The molecular formula is C14H19FN2O3. The molecule has 20 heavy (non-hydrogen) atoms. The minimum Gasteiger partial charge on any atom is -0.397 e. The first-order chi connectivity index (χ1) is 9.65. The minimum atomic E-state index is -0.434. The number of halogens is 1. The van der Waals surface area contributed by atoms with Crippen LogP contribution >= 0.6 is 0 Å². The van der Waals surface area contributed by atoms with E-state index >= 15 is 0 Å². The number of carbonyl (C=O) groups is 1. The molecule has 0 atom stereocenters. The lowest BCUT2D eigenvalue weighted by atomic mass is 10.0. The van der Waals surface area contributed by atoms with Crippen molar-refractivity contribution < 1.29 is 18.7 Å². The summed E-state index contributed by atoms with van der Waals surface area (Å²) < 4.78 is 23.5. The molecule has 0 unspecified atom stereocenters. The van der Waals surface area contributed by atoms with Gasteiger partial charge in [0.25, 0.3) is 0 Å². The fourth-order valence-electron chi connectivity index (χ4n) is 2.07. The molecule has 0 aromatic heterocycles. The minimum absolute atomic E-state index is 0.0336. The van der Waals surface area contributed by atoms with Crippen molar-refractivity contribution in [2.45, 2.75) is 12.8 Å². The highest BCUT2D eigenvalue weighted by atomic mass is 19.1. The summed E-state index contributed by atoms with van der Waals surface area (Å²) in [6.45, 7) is 2.03. The van der Waals surface area contributed by atoms with Gasteiger partial charge in [0.15, 0.2) is 0 Å². The van der Waals surface area contributed by atoms with Crippen LogP contribution < -0.4 is 11.1 Å². The van der Waals surface area contributed by atoms with Crippen LogP contribution in [0, 0.1) is 11.7 Å². The van der Waals surface area contributed by atoms with Gasteiger partial charge in [-0.05, 0) is 37.0 Å². The second-order valence-electron chi connectivity index (χ2n) is 4.85. The highest BCUT2D eigenvalue weighted by Crippen LogP contribution is 2.19. The Hall–Kier alpha value is -1.66. The Morgan fingerprint density at radius 2 is 2.20 bits per heavy atom. The molecule has 1 heterocycles. The number of nitrogen functional groups attached to an aromatic ring is 1. The quantitative estimate of drug-likeness (QED) is 0.807. The van der Waals surface area contributed by atoms with Crippen molar-refractivity contribution in [3.63, 3.8) is 0 Å². The summed E-state index contributed by atoms with van der Waals surface area (Å²) in [5.74, 6) is -0.279. The predicted molar refractivity (Wildman–Crippen MR) is 73.8 cm³/mol. The van der Waals surface area contributed by atoms with Gasteiger partial charge >= 0.3 is 0 Å². The molecule has 1 saturated heterocycles. The summed E-state index contributed by atoms with van der Waals surface area (Å²) >= 11 is 0. The maximum absolute atomic E-state index is 12.9. The third-order valence-electron chi connectivity index (χ3n) is 3.22. The smallest absolute Gasteiger partial charge is 0.250 e. The molecule has 3 N–H and O–H groups in total. The number of hydrogen-bond donors (Lipinski definition) is 2. The fraction of sp³-hybridized carbons (Fsp3) is 0.500. The van der Waals surface area contributed by atoms with Gasteiger partial charge < -0.3 is 20.5 Å². The Morgan fingerprint density at radius 3 is 2.90 bits per heavy atom. The SMILES string of the molecule is Nc1cc(F)ccc1NC(=O)COCC1CCOCC1. The number of ether oxygens (including phenoxy) is 2. The van der Waals surface area contributed by atoms with Crippen LogP contribution in [0.1, 0.15) is 12.8 Å². The van der Waals surface area contributed by atoms with Crippen molar-refractivity contribution in [2.75, 3.05) is 37.5 Å². The van der Waals surface area contributed by atoms with Crippen molar-refractivity contribution in [2.24, 2.45) is 5.92 Å². The lowest BCUT2D eigenvalue weighted by Crippen LogP contribution is -2.24. The second kappa shape index (κ2) is 7.21. The molecule has 1 fully saturated rings. The molecule has 0 saturated carbocycles. The molecular weight excluding hydrogens is 263 g/mol. The van der Waals surface area contributed by atoms with E-state index in [0.29, 0.717) is 18.2 Å². The standard InChI is InChI=1S/C14H19FN2O3/c15-11-1-2-13(12(16)7-11)17-14(18)9-20-8-10-3-5-19-6-4-10/h1-2,7,10H,3-6,8-9,16H2,(H,17,18). The molecule has 0 radical (unpaired) electrons. The van der Waals surface area contributed by atoms with E-state index in [1.807, 2.05) is 0 Å². The van der Waals surface area contributed by atoms with Gasteiger partial charge in [0.2, 0.25) is 5.91 Å². The largest absolute Gasteiger partial charge is 0.397 e. The Balaban J connectivity index is 1.72. The average Bonchev–Trinajstić information content (AvgIpc) is 2.43. The third-order valence-corrected chi connectivity index (χ3v) is 3.22. The van der Waals surface area contributed by atoms with Crippen molar-refractivity contribution in [3.8, 4) is 0 Å². The predicted octanol–water partition coefficient (Wildman–Crippen LogP) is 1.79. The van der Waals surface area contributed by atoms with Gasteiger partial charge in [0.1, 0.15) is 12.4 Å². The molecule has 0 aliphatic carbocycles. The molecule has 1 aromatic rings. The number of nitrogens with one attached hydrogen (secondary N) is 1. The fourth-order valence-corrected chi connectivity index (χ4v) is 2.07. The van der Waals surface area contributed by atoms with Crippen molar-refractivity contribution >= 4 is 17.3 Å². The number of nitrogens with two attached hydrogens (primary N) is 1. The van der Waals surface area contributed by atoms with Gasteiger partial charge in [0, 0.05) is 13.2 Å². The average molecular weight is 282 g/mol. The van der Waals surface area contributed by atoms with Crippen LogP contribution in [0.5, 0.6) is 0 Å². The number of carbonyl (C=O) groups excluding carboxylic acids is 1. The highest BCUT2D eigenvalue weighted by molar-refractivity contribution is 5.94. The molecule has 1 aromatic carbocycles. The van der Waals surface area contributed by atoms with E-state index in [1.165, 1.54) is 18.2 Å². The molecule has 1 aliphatic rings. The zero-order chi connectivity index (χ0) is 14.4. The highest BCUT2D eigenvalue weighted by Gasteiger charge is 2.14. The van der Waals surface area contributed by atoms with Crippen LogP contribution in [0.15, 0.2) is 18.2 Å². The summed E-state index contributed by atoms with van der Waals surface area (Å²) in [7, 11) is 0. The summed E-state index contributed by atoms with van der Waals surface area (Å²) in [5, 5.41) is 2.59. The van der Waals surface area contributed by atoms with Crippen LogP contribution in [-0.2, 0) is 14.3 Å². The Bertz CT molecular complexity index is 462. The third kappa shape index (κ3) is 4.47. The number of rotatable bonds is 5. The topological polar surface area (TPSA) is 73.6 Å². The van der Waals surface area contributed by atoms with Gasteiger partial charge in [-0.15, -0.1) is 0 Å². The molecule has 5 nitrogen and oxygen atoms in total. The number of amides is 1. The van der Waals surface area contributed by atoms with Gasteiger partial charge in [-0.2, -0.15) is 0 Å². The van der Waals surface area contributed by atoms with Crippen LogP contribution in [0.2, 0.25) is 0 Å². The van der Waals surface area contributed by atoms with E-state index in [9.17, 15) is 9.18 Å². The van der Waals surface area contributed by atoms with Gasteiger partial charge in [-0.3, -0.25) is 4.79 Å². The van der Waals surface area contributed by atoms with Gasteiger partial charge in [-0.1, -0.05) is 0 Å². The molecule has 1 aliphatic heterocycles. The Labute approximate surface area is 117 Å². The summed E-state index contributed by atoms with van der Waals surface area (Å²) in [4.78, 5) is 11.7. The number of hydrogen-bond acceptors (Lipinski definition) is 4. The van der Waals surface area contributed by atoms with Crippen molar-refractivity contribution in [1.82, 2.24) is 0 Å². The van der Waals surface area contributed by atoms with Crippen LogP contribution in [0.3, 0.4) is 0 Å². The van der Waals surface area contributed by atoms with E-state index < -0.39 is 5.82 Å². The molecule has 0 bridgehead atoms. The molecule has 0 spiro atoms. The van der Waals surface area contributed by atoms with Gasteiger partial charge in [0.05, 0.1) is 18.0 Å². The Morgan fingerprint density at radius 1 is 1.45 bits per heavy atom. The second-order valence-corrected chi connectivity index (χ2v) is 4.85. The molecule has 2 rings (SSSR count). The normalized spacial score (nSPS) is 16.1. The van der Waals surface area contributed by atoms with Gasteiger partial charge in [-0.25, -0.2) is 4.39 Å². The lowest BCUT2D eigenvalue weighted by molar-refractivity contribution is -0.121. The first-order valence-corrected chi connectivity index (χ1v) is 6.65.